The maximum Gasteiger partial charge on any atom is 0.0720 e. The minimum absolute atomic E-state index is 0.428. The van der Waals surface area contributed by atoms with Crippen LogP contribution in [0.2, 0.25) is 0 Å². The molecule has 1 aliphatic carbocycles. The van der Waals surface area contributed by atoms with Gasteiger partial charge in [0, 0.05) is 12.6 Å². The Morgan fingerprint density at radius 3 is 2.64 bits per heavy atom. The summed E-state index contributed by atoms with van der Waals surface area (Å²) < 4.78 is 5.99. The minimum Gasteiger partial charge on any atom is -0.373 e. The van der Waals surface area contributed by atoms with Crippen LogP contribution in [0, 0.1) is 0 Å². The SMILES string of the molecule is C/C=C\C=C(/CC)CN(C)C1CC(OCc2ccccc2)C1. The molecule has 1 aromatic rings. The lowest BCUT2D eigenvalue weighted by molar-refractivity contribution is -0.0518. The molecule has 0 aromatic heterocycles. The van der Waals surface area contributed by atoms with Crippen LogP contribution in [0.25, 0.3) is 0 Å². The van der Waals surface area contributed by atoms with Crippen LogP contribution in [0.4, 0.5) is 0 Å². The first-order chi connectivity index (χ1) is 10.7. The van der Waals surface area contributed by atoms with E-state index in [0.717, 1.165) is 32.4 Å². The van der Waals surface area contributed by atoms with Crippen molar-refractivity contribution in [3.05, 3.63) is 59.7 Å². The summed E-state index contributed by atoms with van der Waals surface area (Å²) in [5.41, 5.74) is 2.76. The predicted octanol–water partition coefficient (Wildman–Crippen LogP) is 4.58. The van der Waals surface area contributed by atoms with Gasteiger partial charge in [-0.05, 0) is 38.8 Å². The molecule has 0 saturated heterocycles. The van der Waals surface area contributed by atoms with E-state index in [0.29, 0.717) is 12.1 Å². The number of likely N-dealkylation sites (N-methyl/N-ethyl adjacent to an activating group) is 1. The molecule has 0 spiro atoms. The van der Waals surface area contributed by atoms with Crippen molar-refractivity contribution in [2.45, 2.75) is 51.9 Å². The molecule has 1 saturated carbocycles. The van der Waals surface area contributed by atoms with Crippen molar-refractivity contribution in [2.24, 2.45) is 0 Å². The Labute approximate surface area is 135 Å². The summed E-state index contributed by atoms with van der Waals surface area (Å²) in [5, 5.41) is 0. The molecule has 0 amide bonds. The molecule has 22 heavy (non-hydrogen) atoms. The van der Waals surface area contributed by atoms with Crippen LogP contribution in [0.15, 0.2) is 54.1 Å². The molecule has 0 unspecified atom stereocenters. The Kier molecular flexibility index (Phi) is 6.88. The molecule has 2 rings (SSSR count). The number of hydrogen-bond donors (Lipinski definition) is 0. The van der Waals surface area contributed by atoms with Crippen LogP contribution in [0.3, 0.4) is 0 Å². The van der Waals surface area contributed by atoms with E-state index in [1.165, 1.54) is 11.1 Å². The number of rotatable bonds is 8. The fourth-order valence-corrected chi connectivity index (χ4v) is 2.79. The normalized spacial score (nSPS) is 22.3. The van der Waals surface area contributed by atoms with Gasteiger partial charge in [0.25, 0.3) is 0 Å². The molecule has 2 nitrogen and oxygen atoms in total. The van der Waals surface area contributed by atoms with Gasteiger partial charge >= 0.3 is 0 Å². The van der Waals surface area contributed by atoms with E-state index in [2.05, 4.69) is 68.3 Å². The largest absolute Gasteiger partial charge is 0.373 e. The highest BCUT2D eigenvalue weighted by atomic mass is 16.5. The van der Waals surface area contributed by atoms with Crippen molar-refractivity contribution < 1.29 is 4.74 Å². The van der Waals surface area contributed by atoms with Crippen molar-refractivity contribution in [1.29, 1.82) is 0 Å². The van der Waals surface area contributed by atoms with E-state index < -0.39 is 0 Å². The maximum absolute atomic E-state index is 5.99. The quantitative estimate of drug-likeness (QED) is 0.652. The Bertz CT molecular complexity index is 486. The molecule has 0 bridgehead atoms. The van der Waals surface area contributed by atoms with Gasteiger partial charge in [-0.3, -0.25) is 4.90 Å². The molecule has 1 fully saturated rings. The molecule has 0 N–H and O–H groups in total. The summed E-state index contributed by atoms with van der Waals surface area (Å²) in [7, 11) is 2.23. The number of benzene rings is 1. The van der Waals surface area contributed by atoms with E-state index in [-0.39, 0.29) is 0 Å². The first kappa shape index (κ1) is 17.0. The second-order valence-corrected chi connectivity index (χ2v) is 6.16. The average Bonchev–Trinajstić information content (AvgIpc) is 2.50. The number of ether oxygens (including phenoxy) is 1. The summed E-state index contributed by atoms with van der Waals surface area (Å²) in [4.78, 5) is 2.47. The molecule has 0 atom stereocenters. The Morgan fingerprint density at radius 1 is 1.27 bits per heavy atom. The van der Waals surface area contributed by atoms with Gasteiger partial charge in [-0.1, -0.05) is 61.1 Å². The summed E-state index contributed by atoms with van der Waals surface area (Å²) in [6.45, 7) is 6.10. The first-order valence-electron chi connectivity index (χ1n) is 8.39. The fourth-order valence-electron chi connectivity index (χ4n) is 2.79. The Hall–Kier alpha value is -1.38. The van der Waals surface area contributed by atoms with Gasteiger partial charge < -0.3 is 4.74 Å². The Morgan fingerprint density at radius 2 is 2.00 bits per heavy atom. The molecule has 1 aromatic carbocycles. The number of allylic oxidation sites excluding steroid dienone is 3. The smallest absolute Gasteiger partial charge is 0.0720 e. The van der Waals surface area contributed by atoms with Gasteiger partial charge in [-0.15, -0.1) is 0 Å². The van der Waals surface area contributed by atoms with E-state index in [1.807, 2.05) is 6.07 Å². The van der Waals surface area contributed by atoms with Crippen LogP contribution >= 0.6 is 0 Å². The van der Waals surface area contributed by atoms with E-state index >= 15 is 0 Å². The van der Waals surface area contributed by atoms with E-state index in [1.54, 1.807) is 0 Å². The molecule has 0 radical (unpaired) electrons. The van der Waals surface area contributed by atoms with Gasteiger partial charge in [0.05, 0.1) is 12.7 Å². The Balaban J connectivity index is 1.69. The van der Waals surface area contributed by atoms with Crippen LogP contribution in [-0.2, 0) is 11.3 Å². The zero-order chi connectivity index (χ0) is 15.8. The lowest BCUT2D eigenvalue weighted by atomic mass is 9.87. The highest BCUT2D eigenvalue weighted by Gasteiger charge is 2.32. The first-order valence-corrected chi connectivity index (χ1v) is 8.39. The monoisotopic (exact) mass is 299 g/mol. The van der Waals surface area contributed by atoms with Crippen molar-refractivity contribution in [3.63, 3.8) is 0 Å². The highest BCUT2D eigenvalue weighted by Crippen LogP contribution is 2.29. The topological polar surface area (TPSA) is 12.5 Å². The summed E-state index contributed by atoms with van der Waals surface area (Å²) in [6.07, 6.45) is 10.3. The standard InChI is InChI=1S/C20H29NO/c1-4-6-10-17(5-2)15-21(3)19-13-20(14-19)22-16-18-11-8-7-9-12-18/h4,6-12,19-20H,5,13-16H2,1-3H3/b6-4-,17-10+. The zero-order valence-corrected chi connectivity index (χ0v) is 14.2. The summed E-state index contributed by atoms with van der Waals surface area (Å²) in [5.74, 6) is 0. The lowest BCUT2D eigenvalue weighted by Crippen LogP contribution is -2.46. The second kappa shape index (κ2) is 8.92. The van der Waals surface area contributed by atoms with E-state index in [9.17, 15) is 0 Å². The molecular weight excluding hydrogens is 270 g/mol. The van der Waals surface area contributed by atoms with Crippen LogP contribution in [0.1, 0.15) is 38.7 Å². The van der Waals surface area contributed by atoms with Crippen LogP contribution < -0.4 is 0 Å². The predicted molar refractivity (Wildman–Crippen MR) is 93.9 cm³/mol. The highest BCUT2D eigenvalue weighted by molar-refractivity contribution is 5.14. The number of hydrogen-bond acceptors (Lipinski definition) is 2. The molecule has 0 heterocycles. The van der Waals surface area contributed by atoms with Crippen molar-refractivity contribution in [1.82, 2.24) is 4.90 Å². The van der Waals surface area contributed by atoms with Gasteiger partial charge in [0.2, 0.25) is 0 Å². The van der Waals surface area contributed by atoms with Crippen molar-refractivity contribution >= 4 is 0 Å². The van der Waals surface area contributed by atoms with Crippen LogP contribution in [-0.4, -0.2) is 30.6 Å². The van der Waals surface area contributed by atoms with Crippen molar-refractivity contribution in [2.75, 3.05) is 13.6 Å². The molecular formula is C20H29NO. The molecule has 1 aliphatic rings. The van der Waals surface area contributed by atoms with Crippen LogP contribution in [0.5, 0.6) is 0 Å². The lowest BCUT2D eigenvalue weighted by Gasteiger charge is -2.41. The van der Waals surface area contributed by atoms with Gasteiger partial charge in [0.1, 0.15) is 0 Å². The maximum atomic E-state index is 5.99. The van der Waals surface area contributed by atoms with E-state index in [4.69, 9.17) is 4.74 Å². The summed E-state index contributed by atoms with van der Waals surface area (Å²) in [6, 6.07) is 11.1. The molecule has 0 aliphatic heterocycles. The fraction of sp³-hybridized carbons (Fsp3) is 0.500. The second-order valence-electron chi connectivity index (χ2n) is 6.16. The third-order valence-electron chi connectivity index (χ3n) is 4.45. The molecule has 120 valence electrons. The van der Waals surface area contributed by atoms with Gasteiger partial charge in [-0.25, -0.2) is 0 Å². The third-order valence-corrected chi connectivity index (χ3v) is 4.45. The van der Waals surface area contributed by atoms with Gasteiger partial charge in [-0.2, -0.15) is 0 Å². The third kappa shape index (κ3) is 5.11. The van der Waals surface area contributed by atoms with Gasteiger partial charge in [0.15, 0.2) is 0 Å². The van der Waals surface area contributed by atoms with Crippen molar-refractivity contribution in [3.8, 4) is 0 Å². The average molecular weight is 299 g/mol. The minimum atomic E-state index is 0.428. The summed E-state index contributed by atoms with van der Waals surface area (Å²) >= 11 is 0. The molecule has 2 heteroatoms. The number of nitrogens with zero attached hydrogens (tertiary/aromatic N) is 1. The zero-order valence-electron chi connectivity index (χ0n) is 14.2.